The average molecular weight is 375 g/mol. The summed E-state index contributed by atoms with van der Waals surface area (Å²) >= 11 is 1.68. The first-order valence-electron chi connectivity index (χ1n) is 8.44. The molecule has 1 heterocycles. The molecule has 140 valence electrons. The lowest BCUT2D eigenvalue weighted by atomic mass is 10.2. The summed E-state index contributed by atoms with van der Waals surface area (Å²) in [5.41, 5.74) is 0.663. The largest absolute Gasteiger partial charge is 0.497 e. The van der Waals surface area contributed by atoms with E-state index in [2.05, 4.69) is 16.7 Å². The molecule has 0 saturated carbocycles. The molecule has 0 aliphatic rings. The molecule has 0 aliphatic carbocycles. The maximum Gasteiger partial charge on any atom is 0.238 e. The number of carbonyl (C=O) groups is 2. The lowest BCUT2D eigenvalue weighted by Gasteiger charge is -2.23. The normalized spacial score (nSPS) is 11.8. The Bertz CT molecular complexity index is 719. The van der Waals surface area contributed by atoms with E-state index in [-0.39, 0.29) is 18.4 Å². The van der Waals surface area contributed by atoms with Crippen molar-refractivity contribution in [3.8, 4) is 5.75 Å². The molecule has 0 saturated heterocycles. The Morgan fingerprint density at radius 1 is 1.27 bits per heavy atom. The molecule has 0 spiro atoms. The van der Waals surface area contributed by atoms with Crippen LogP contribution in [0.25, 0.3) is 0 Å². The molecule has 1 atom stereocenters. The first-order chi connectivity index (χ1) is 12.5. The number of ether oxygens (including phenoxy) is 1. The Morgan fingerprint density at radius 3 is 2.77 bits per heavy atom. The molecule has 2 rings (SSSR count). The van der Waals surface area contributed by atoms with Gasteiger partial charge >= 0.3 is 0 Å². The third-order valence-corrected chi connectivity index (χ3v) is 4.97. The number of benzene rings is 1. The minimum atomic E-state index is -0.394. The van der Waals surface area contributed by atoms with E-state index in [1.165, 1.54) is 4.88 Å². The van der Waals surface area contributed by atoms with Gasteiger partial charge in [0, 0.05) is 23.2 Å². The molecular weight excluding hydrogens is 350 g/mol. The summed E-state index contributed by atoms with van der Waals surface area (Å²) in [6, 6.07) is 10.8. The van der Waals surface area contributed by atoms with Crippen molar-refractivity contribution in [2.75, 3.05) is 32.6 Å². The predicted octanol–water partition coefficient (Wildman–Crippen LogP) is 2.37. The fraction of sp³-hybridized carbons (Fsp3) is 0.368. The van der Waals surface area contributed by atoms with E-state index in [4.69, 9.17) is 4.74 Å². The van der Waals surface area contributed by atoms with Crippen LogP contribution in [-0.2, 0) is 16.0 Å². The topological polar surface area (TPSA) is 70.7 Å². The first-order valence-corrected chi connectivity index (χ1v) is 9.32. The number of likely N-dealkylation sites (N-methyl/N-ethyl adjacent to an activating group) is 1. The SMILES string of the molecule is COc1cccc(NC(=O)CN(C)[C@@H](C)C(=O)NCCc2cccs2)c1. The number of anilines is 1. The van der Waals surface area contributed by atoms with E-state index in [1.54, 1.807) is 49.5 Å². The van der Waals surface area contributed by atoms with Crippen LogP contribution in [0.3, 0.4) is 0 Å². The summed E-state index contributed by atoms with van der Waals surface area (Å²) in [5, 5.41) is 7.75. The summed E-state index contributed by atoms with van der Waals surface area (Å²) in [4.78, 5) is 27.4. The molecule has 2 amide bonds. The summed E-state index contributed by atoms with van der Waals surface area (Å²) in [6.45, 7) is 2.50. The molecule has 26 heavy (non-hydrogen) atoms. The Hall–Kier alpha value is -2.38. The van der Waals surface area contributed by atoms with Gasteiger partial charge in [0.15, 0.2) is 0 Å². The summed E-state index contributed by atoms with van der Waals surface area (Å²) in [7, 11) is 3.34. The minimum absolute atomic E-state index is 0.0850. The molecule has 6 nitrogen and oxygen atoms in total. The zero-order valence-electron chi connectivity index (χ0n) is 15.3. The molecule has 0 bridgehead atoms. The number of hydrogen-bond donors (Lipinski definition) is 2. The van der Waals surface area contributed by atoms with Crippen molar-refractivity contribution in [2.24, 2.45) is 0 Å². The Balaban J connectivity index is 1.76. The van der Waals surface area contributed by atoms with Gasteiger partial charge in [0.25, 0.3) is 0 Å². The van der Waals surface area contributed by atoms with Crippen LogP contribution in [0.15, 0.2) is 41.8 Å². The van der Waals surface area contributed by atoms with Crippen molar-refractivity contribution >= 4 is 28.8 Å². The Morgan fingerprint density at radius 2 is 2.08 bits per heavy atom. The molecule has 1 aromatic heterocycles. The third-order valence-electron chi connectivity index (χ3n) is 4.04. The van der Waals surface area contributed by atoms with Crippen LogP contribution in [0, 0.1) is 0 Å². The van der Waals surface area contributed by atoms with E-state index in [9.17, 15) is 9.59 Å². The van der Waals surface area contributed by atoms with Gasteiger partial charge in [-0.25, -0.2) is 0 Å². The van der Waals surface area contributed by atoms with Crippen LogP contribution in [-0.4, -0.2) is 50.0 Å². The molecule has 7 heteroatoms. The number of amides is 2. The predicted molar refractivity (Wildman–Crippen MR) is 105 cm³/mol. The second-order valence-corrected chi connectivity index (χ2v) is 7.02. The number of nitrogens with zero attached hydrogens (tertiary/aromatic N) is 1. The van der Waals surface area contributed by atoms with Crippen molar-refractivity contribution in [3.63, 3.8) is 0 Å². The highest BCUT2D eigenvalue weighted by atomic mass is 32.1. The fourth-order valence-corrected chi connectivity index (χ4v) is 3.09. The van der Waals surface area contributed by atoms with Crippen molar-refractivity contribution in [1.29, 1.82) is 0 Å². The monoisotopic (exact) mass is 375 g/mol. The molecular formula is C19H25N3O3S. The summed E-state index contributed by atoms with van der Waals surface area (Å²) in [6.07, 6.45) is 0.816. The van der Waals surface area contributed by atoms with Gasteiger partial charge in [-0.3, -0.25) is 14.5 Å². The van der Waals surface area contributed by atoms with Gasteiger partial charge < -0.3 is 15.4 Å². The summed E-state index contributed by atoms with van der Waals surface area (Å²) < 4.78 is 5.14. The number of methoxy groups -OCH3 is 1. The second kappa shape index (κ2) is 9.94. The fourth-order valence-electron chi connectivity index (χ4n) is 2.38. The quantitative estimate of drug-likeness (QED) is 0.706. The van der Waals surface area contributed by atoms with Gasteiger partial charge in [0.05, 0.1) is 19.7 Å². The lowest BCUT2D eigenvalue weighted by Crippen LogP contribution is -2.46. The van der Waals surface area contributed by atoms with E-state index in [0.717, 1.165) is 6.42 Å². The number of hydrogen-bond acceptors (Lipinski definition) is 5. The standard InChI is InChI=1S/C19H25N3O3S/c1-14(19(24)20-10-9-17-8-5-11-26-17)22(2)13-18(23)21-15-6-4-7-16(12-15)25-3/h4-8,11-12,14H,9-10,13H2,1-3H3,(H,20,24)(H,21,23)/t14-/m0/s1. The van der Waals surface area contributed by atoms with Crippen LogP contribution in [0.1, 0.15) is 11.8 Å². The first kappa shape index (κ1) is 19.9. The van der Waals surface area contributed by atoms with Gasteiger partial charge in [0.2, 0.25) is 11.8 Å². The van der Waals surface area contributed by atoms with Gasteiger partial charge in [-0.1, -0.05) is 12.1 Å². The van der Waals surface area contributed by atoms with Gasteiger partial charge in [0.1, 0.15) is 5.75 Å². The van der Waals surface area contributed by atoms with Gasteiger partial charge in [-0.15, -0.1) is 11.3 Å². The smallest absolute Gasteiger partial charge is 0.238 e. The van der Waals surface area contributed by atoms with Crippen molar-refractivity contribution < 1.29 is 14.3 Å². The van der Waals surface area contributed by atoms with E-state index in [0.29, 0.717) is 18.0 Å². The van der Waals surface area contributed by atoms with E-state index < -0.39 is 6.04 Å². The molecule has 2 N–H and O–H groups in total. The minimum Gasteiger partial charge on any atom is -0.497 e. The van der Waals surface area contributed by atoms with Crippen LogP contribution < -0.4 is 15.4 Å². The highest BCUT2D eigenvalue weighted by Crippen LogP contribution is 2.16. The Kier molecular flexibility index (Phi) is 7.62. The maximum absolute atomic E-state index is 12.2. The molecule has 2 aromatic rings. The number of rotatable bonds is 9. The number of thiophene rings is 1. The van der Waals surface area contributed by atoms with Crippen LogP contribution in [0.2, 0.25) is 0 Å². The van der Waals surface area contributed by atoms with Crippen LogP contribution in [0.5, 0.6) is 5.75 Å². The molecule has 0 unspecified atom stereocenters. The highest BCUT2D eigenvalue weighted by Gasteiger charge is 2.19. The lowest BCUT2D eigenvalue weighted by molar-refractivity contribution is -0.126. The van der Waals surface area contributed by atoms with E-state index in [1.807, 2.05) is 23.6 Å². The number of carbonyl (C=O) groups excluding carboxylic acids is 2. The molecule has 0 aliphatic heterocycles. The van der Waals surface area contributed by atoms with Gasteiger partial charge in [-0.05, 0) is 44.0 Å². The zero-order valence-corrected chi connectivity index (χ0v) is 16.1. The average Bonchev–Trinajstić information content (AvgIpc) is 3.14. The van der Waals surface area contributed by atoms with E-state index >= 15 is 0 Å². The van der Waals surface area contributed by atoms with Crippen molar-refractivity contribution in [3.05, 3.63) is 46.7 Å². The third kappa shape index (κ3) is 6.16. The summed E-state index contributed by atoms with van der Waals surface area (Å²) in [5.74, 6) is 0.409. The molecule has 0 radical (unpaired) electrons. The molecule has 1 aromatic carbocycles. The van der Waals surface area contributed by atoms with Gasteiger partial charge in [-0.2, -0.15) is 0 Å². The van der Waals surface area contributed by atoms with Crippen molar-refractivity contribution in [2.45, 2.75) is 19.4 Å². The number of nitrogens with one attached hydrogen (secondary N) is 2. The Labute approximate surface area is 158 Å². The van der Waals surface area contributed by atoms with Crippen molar-refractivity contribution in [1.82, 2.24) is 10.2 Å². The maximum atomic E-state index is 12.2. The highest BCUT2D eigenvalue weighted by molar-refractivity contribution is 7.09. The zero-order chi connectivity index (χ0) is 18.9. The second-order valence-electron chi connectivity index (χ2n) is 5.99. The molecule has 0 fully saturated rings. The van der Waals surface area contributed by atoms with Crippen LogP contribution in [0.4, 0.5) is 5.69 Å². The van der Waals surface area contributed by atoms with Crippen LogP contribution >= 0.6 is 11.3 Å².